The molecule has 0 saturated carbocycles. The number of hydrogen-bond acceptors (Lipinski definition) is 2. The Bertz CT molecular complexity index is 1090. The summed E-state index contributed by atoms with van der Waals surface area (Å²) in [5, 5.41) is 10.0. The Morgan fingerprint density at radius 2 is 1.65 bits per heavy atom. The monoisotopic (exact) mass is 468 g/mol. The number of hydrogen-bond donors (Lipinski definition) is 1. The summed E-state index contributed by atoms with van der Waals surface area (Å²) in [5.41, 5.74) is 2.91. The van der Waals surface area contributed by atoms with Crippen LogP contribution in [0.2, 0.25) is 0 Å². The average molecular weight is 469 g/mol. The number of halogens is 3. The highest BCUT2D eigenvalue weighted by atomic mass is 19.2. The lowest BCUT2D eigenvalue weighted by atomic mass is 9.98. The second-order valence-corrected chi connectivity index (χ2v) is 8.38. The van der Waals surface area contributed by atoms with Crippen LogP contribution in [-0.4, -0.2) is 11.7 Å². The van der Waals surface area contributed by atoms with E-state index in [1.165, 1.54) is 18.2 Å². The maximum Gasteiger partial charge on any atom is 0.201 e. The fourth-order valence-corrected chi connectivity index (χ4v) is 3.84. The molecule has 34 heavy (non-hydrogen) atoms. The number of benzene rings is 3. The van der Waals surface area contributed by atoms with Crippen LogP contribution in [0, 0.1) is 17.5 Å². The van der Waals surface area contributed by atoms with Crippen molar-refractivity contribution >= 4 is 0 Å². The number of unbranched alkanes of at least 4 members (excludes halogenated alkanes) is 1. The maximum atomic E-state index is 14.6. The van der Waals surface area contributed by atoms with E-state index < -0.39 is 17.7 Å². The number of aliphatic hydroxyl groups is 1. The van der Waals surface area contributed by atoms with E-state index in [2.05, 4.69) is 6.58 Å². The highest BCUT2D eigenvalue weighted by Gasteiger charge is 2.16. The van der Waals surface area contributed by atoms with Gasteiger partial charge in [0.2, 0.25) is 5.82 Å². The first-order valence-corrected chi connectivity index (χ1v) is 11.7. The van der Waals surface area contributed by atoms with E-state index in [-0.39, 0.29) is 17.1 Å². The van der Waals surface area contributed by atoms with Gasteiger partial charge in [0.1, 0.15) is 5.82 Å². The molecule has 180 valence electrons. The Morgan fingerprint density at radius 3 is 2.32 bits per heavy atom. The zero-order valence-corrected chi connectivity index (χ0v) is 19.5. The molecule has 1 unspecified atom stereocenters. The van der Waals surface area contributed by atoms with Crippen LogP contribution in [0.1, 0.15) is 55.4 Å². The van der Waals surface area contributed by atoms with Crippen molar-refractivity contribution in [2.24, 2.45) is 0 Å². The van der Waals surface area contributed by atoms with Gasteiger partial charge < -0.3 is 9.84 Å². The molecule has 1 N–H and O–H groups in total. The summed E-state index contributed by atoms with van der Waals surface area (Å²) in [7, 11) is 0. The first-order valence-electron chi connectivity index (χ1n) is 11.7. The van der Waals surface area contributed by atoms with Crippen molar-refractivity contribution in [1.29, 1.82) is 0 Å². The molecule has 3 aromatic carbocycles. The molecule has 0 aromatic heterocycles. The van der Waals surface area contributed by atoms with Crippen LogP contribution in [-0.2, 0) is 12.8 Å². The molecular weight excluding hydrogens is 437 g/mol. The maximum absolute atomic E-state index is 14.6. The number of rotatable bonds is 12. The molecule has 0 fully saturated rings. The van der Waals surface area contributed by atoms with Crippen molar-refractivity contribution in [2.75, 3.05) is 6.61 Å². The second-order valence-electron chi connectivity index (χ2n) is 8.38. The molecule has 0 heterocycles. The summed E-state index contributed by atoms with van der Waals surface area (Å²) >= 11 is 0. The highest BCUT2D eigenvalue weighted by Crippen LogP contribution is 2.30. The van der Waals surface area contributed by atoms with E-state index in [1.54, 1.807) is 24.3 Å². The van der Waals surface area contributed by atoms with E-state index in [0.29, 0.717) is 43.4 Å². The zero-order chi connectivity index (χ0) is 24.5. The molecule has 0 aliphatic carbocycles. The van der Waals surface area contributed by atoms with Gasteiger partial charge >= 0.3 is 0 Å². The van der Waals surface area contributed by atoms with Gasteiger partial charge in [-0.05, 0) is 67.0 Å². The summed E-state index contributed by atoms with van der Waals surface area (Å²) < 4.78 is 48.8. The summed E-state index contributed by atoms with van der Waals surface area (Å²) in [5.74, 6) is -2.41. The van der Waals surface area contributed by atoms with Crippen molar-refractivity contribution in [3.63, 3.8) is 0 Å². The molecule has 5 heteroatoms. The molecule has 3 rings (SSSR count). The average Bonchev–Trinajstić information content (AvgIpc) is 2.83. The third kappa shape index (κ3) is 6.51. The third-order valence-corrected chi connectivity index (χ3v) is 5.81. The molecule has 0 saturated heterocycles. The minimum Gasteiger partial charge on any atom is -0.490 e. The van der Waals surface area contributed by atoms with Crippen LogP contribution < -0.4 is 4.74 Å². The number of ether oxygens (including phenoxy) is 1. The molecule has 0 radical (unpaired) electrons. The largest absolute Gasteiger partial charge is 0.490 e. The number of aryl methyl sites for hydroxylation is 2. The molecule has 1 atom stereocenters. The summed E-state index contributed by atoms with van der Waals surface area (Å²) in [6, 6.07) is 15.2. The van der Waals surface area contributed by atoms with E-state index in [4.69, 9.17) is 4.74 Å². The molecule has 2 nitrogen and oxygen atoms in total. The molecule has 0 aliphatic heterocycles. The lowest BCUT2D eigenvalue weighted by Crippen LogP contribution is -2.02. The topological polar surface area (TPSA) is 29.5 Å². The van der Waals surface area contributed by atoms with E-state index in [9.17, 15) is 18.3 Å². The standard InChI is InChI=1S/C29H31F3O2/c1-3-5-6-18-34-27-17-16-23(28(31)29(27)32)22-13-10-20(11-14-22)8-9-21-12-15-24(25(30)19-21)26(33)7-4-2/h3,10-17,19,26,33H,1,4-9,18H2,2H3. The Kier molecular flexibility index (Phi) is 9.34. The lowest BCUT2D eigenvalue weighted by Gasteiger charge is -2.12. The van der Waals surface area contributed by atoms with Crippen molar-refractivity contribution < 1.29 is 23.0 Å². The van der Waals surface area contributed by atoms with Gasteiger partial charge in [0.15, 0.2) is 11.6 Å². The number of aliphatic hydroxyl groups excluding tert-OH is 1. The predicted octanol–water partition coefficient (Wildman–Crippen LogP) is 7.73. The van der Waals surface area contributed by atoms with Gasteiger partial charge in [-0.3, -0.25) is 0 Å². The quantitative estimate of drug-likeness (QED) is 0.218. The predicted molar refractivity (Wildman–Crippen MR) is 130 cm³/mol. The van der Waals surface area contributed by atoms with Gasteiger partial charge in [0.05, 0.1) is 12.7 Å². The molecule has 0 amide bonds. The smallest absolute Gasteiger partial charge is 0.201 e. The first-order chi connectivity index (χ1) is 16.4. The molecule has 0 spiro atoms. The molecule has 0 bridgehead atoms. The fraction of sp³-hybridized carbons (Fsp3) is 0.310. The number of allylic oxidation sites excluding steroid dienone is 1. The van der Waals surface area contributed by atoms with Crippen LogP contribution in [0.25, 0.3) is 11.1 Å². The first kappa shape index (κ1) is 25.6. The van der Waals surface area contributed by atoms with Crippen LogP contribution in [0.15, 0.2) is 67.3 Å². The van der Waals surface area contributed by atoms with Gasteiger partial charge in [-0.2, -0.15) is 4.39 Å². The Balaban J connectivity index is 1.63. The van der Waals surface area contributed by atoms with E-state index in [1.807, 2.05) is 25.1 Å². The Labute approximate surface area is 199 Å². The molecule has 0 aliphatic rings. The van der Waals surface area contributed by atoms with Gasteiger partial charge in [-0.1, -0.05) is 55.8 Å². The summed E-state index contributed by atoms with van der Waals surface area (Å²) in [6.07, 6.45) is 5.01. The third-order valence-electron chi connectivity index (χ3n) is 5.81. The lowest BCUT2D eigenvalue weighted by molar-refractivity contribution is 0.162. The van der Waals surface area contributed by atoms with Gasteiger partial charge in [-0.15, -0.1) is 6.58 Å². The summed E-state index contributed by atoms with van der Waals surface area (Å²) in [4.78, 5) is 0. The Hall–Kier alpha value is -3.05. The summed E-state index contributed by atoms with van der Waals surface area (Å²) in [6.45, 7) is 5.86. The van der Waals surface area contributed by atoms with Crippen molar-refractivity contribution in [3.05, 3.63) is 101 Å². The van der Waals surface area contributed by atoms with Crippen molar-refractivity contribution in [2.45, 2.75) is 51.6 Å². The van der Waals surface area contributed by atoms with Gasteiger partial charge in [0, 0.05) is 11.1 Å². The Morgan fingerprint density at radius 1 is 0.941 bits per heavy atom. The normalized spacial score (nSPS) is 11.9. The van der Waals surface area contributed by atoms with Crippen LogP contribution in [0.4, 0.5) is 13.2 Å². The van der Waals surface area contributed by atoms with Crippen molar-refractivity contribution in [3.8, 4) is 16.9 Å². The fourth-order valence-electron chi connectivity index (χ4n) is 3.84. The van der Waals surface area contributed by atoms with E-state index in [0.717, 1.165) is 24.0 Å². The minimum atomic E-state index is -0.991. The second kappa shape index (κ2) is 12.4. The van der Waals surface area contributed by atoms with Crippen LogP contribution in [0.5, 0.6) is 5.75 Å². The highest BCUT2D eigenvalue weighted by molar-refractivity contribution is 5.65. The minimum absolute atomic E-state index is 0.0950. The SMILES string of the molecule is C=CCCCOc1ccc(-c2ccc(CCc3ccc(C(O)CCC)c(F)c3)cc2)c(F)c1F. The van der Waals surface area contributed by atoms with Gasteiger partial charge in [0.25, 0.3) is 0 Å². The zero-order valence-electron chi connectivity index (χ0n) is 19.5. The van der Waals surface area contributed by atoms with Crippen LogP contribution >= 0.6 is 0 Å². The van der Waals surface area contributed by atoms with Crippen molar-refractivity contribution in [1.82, 2.24) is 0 Å². The van der Waals surface area contributed by atoms with Crippen LogP contribution in [0.3, 0.4) is 0 Å². The molecular formula is C29H31F3O2. The molecule has 3 aromatic rings. The van der Waals surface area contributed by atoms with E-state index >= 15 is 0 Å². The van der Waals surface area contributed by atoms with Gasteiger partial charge in [-0.25, -0.2) is 8.78 Å².